The van der Waals surface area contributed by atoms with Gasteiger partial charge in [-0.2, -0.15) is 0 Å². The van der Waals surface area contributed by atoms with Crippen LogP contribution in [-0.2, 0) is 19.6 Å². The van der Waals surface area contributed by atoms with Crippen LogP contribution >= 0.6 is 0 Å². The van der Waals surface area contributed by atoms with Crippen molar-refractivity contribution in [1.82, 2.24) is 24.8 Å². The number of nitrogens with zero attached hydrogens (tertiary/aromatic N) is 4. The third-order valence-corrected chi connectivity index (χ3v) is 4.99. The number of imidazole rings is 1. The first kappa shape index (κ1) is 16.7. The molecule has 0 radical (unpaired) electrons. The molecule has 0 saturated carbocycles. The lowest BCUT2D eigenvalue weighted by molar-refractivity contribution is 0.194. The maximum Gasteiger partial charge on any atom is 0.141 e. The van der Waals surface area contributed by atoms with Gasteiger partial charge in [0.1, 0.15) is 5.75 Å². The van der Waals surface area contributed by atoms with E-state index in [0.29, 0.717) is 23.4 Å². The number of aromatic hydroxyl groups is 1. The van der Waals surface area contributed by atoms with Gasteiger partial charge in [-0.15, -0.1) is 0 Å². The van der Waals surface area contributed by atoms with E-state index in [4.69, 9.17) is 0 Å². The Morgan fingerprint density at radius 1 is 1.31 bits per heavy atom. The molecule has 0 unspecified atom stereocenters. The van der Waals surface area contributed by atoms with E-state index >= 15 is 0 Å². The average Bonchev–Trinajstić information content (AvgIpc) is 3.15. The molecule has 4 heterocycles. The van der Waals surface area contributed by atoms with Gasteiger partial charge in [0.15, 0.2) is 0 Å². The zero-order chi connectivity index (χ0) is 18.1. The molecule has 0 saturated heterocycles. The van der Waals surface area contributed by atoms with Crippen molar-refractivity contribution in [3.8, 4) is 5.75 Å². The Hall–Kier alpha value is -2.77. The normalized spacial score (nSPS) is 17.2. The van der Waals surface area contributed by atoms with E-state index in [0.717, 1.165) is 29.9 Å². The van der Waals surface area contributed by atoms with E-state index in [1.165, 1.54) is 0 Å². The Bertz CT molecular complexity index is 910. The van der Waals surface area contributed by atoms with Crippen molar-refractivity contribution in [3.63, 3.8) is 0 Å². The van der Waals surface area contributed by atoms with E-state index in [2.05, 4.69) is 24.8 Å². The standard InChI is InChI=1S/C19H21N5O2/c1-12-19(26)15(14(10-25)8-21-12)9-24-6-4-16-17(23-11-22-16)18(24)13-3-2-5-20-7-13/h2-3,5,7-8,11,18,25-26H,4,6,9-10H2,1H3,(H,22,23)/t18-/m1/s1. The Labute approximate surface area is 151 Å². The first-order valence-corrected chi connectivity index (χ1v) is 8.62. The average molecular weight is 351 g/mol. The number of fused-ring (bicyclic) bond motifs is 1. The summed E-state index contributed by atoms with van der Waals surface area (Å²) < 4.78 is 0. The highest BCUT2D eigenvalue weighted by Gasteiger charge is 2.32. The number of aromatic nitrogens is 4. The van der Waals surface area contributed by atoms with Gasteiger partial charge in [0, 0.05) is 54.9 Å². The van der Waals surface area contributed by atoms with Crippen molar-refractivity contribution >= 4 is 0 Å². The highest BCUT2D eigenvalue weighted by molar-refractivity contribution is 5.41. The molecule has 3 N–H and O–H groups in total. The van der Waals surface area contributed by atoms with Gasteiger partial charge in [-0.3, -0.25) is 14.9 Å². The molecule has 1 aliphatic rings. The van der Waals surface area contributed by atoms with E-state index in [1.54, 1.807) is 25.6 Å². The molecule has 0 aromatic carbocycles. The van der Waals surface area contributed by atoms with Crippen LogP contribution in [-0.4, -0.2) is 41.6 Å². The molecule has 0 spiro atoms. The monoisotopic (exact) mass is 351 g/mol. The second-order valence-electron chi connectivity index (χ2n) is 6.53. The zero-order valence-electron chi connectivity index (χ0n) is 14.6. The highest BCUT2D eigenvalue weighted by Crippen LogP contribution is 2.36. The maximum absolute atomic E-state index is 10.5. The molecule has 0 fully saturated rings. The minimum absolute atomic E-state index is 0.0573. The lowest BCUT2D eigenvalue weighted by Gasteiger charge is -2.35. The summed E-state index contributed by atoms with van der Waals surface area (Å²) in [6.45, 7) is 2.91. The minimum atomic E-state index is -0.158. The summed E-state index contributed by atoms with van der Waals surface area (Å²) in [5, 5.41) is 20.2. The predicted molar refractivity (Wildman–Crippen MR) is 95.3 cm³/mol. The summed E-state index contributed by atoms with van der Waals surface area (Å²) in [4.78, 5) is 18.4. The molecule has 3 aromatic rings. The summed E-state index contributed by atoms with van der Waals surface area (Å²) in [5.41, 5.74) is 5.09. The van der Waals surface area contributed by atoms with Crippen LogP contribution in [0, 0.1) is 6.92 Å². The molecule has 3 aromatic heterocycles. The van der Waals surface area contributed by atoms with E-state index in [-0.39, 0.29) is 18.4 Å². The van der Waals surface area contributed by atoms with Gasteiger partial charge in [-0.25, -0.2) is 4.98 Å². The molecule has 134 valence electrons. The summed E-state index contributed by atoms with van der Waals surface area (Å²) in [6.07, 6.45) is 7.82. The van der Waals surface area contributed by atoms with Gasteiger partial charge in [-0.1, -0.05) is 6.07 Å². The number of H-pyrrole nitrogens is 1. The number of pyridine rings is 2. The van der Waals surface area contributed by atoms with Crippen LogP contribution in [0.5, 0.6) is 5.75 Å². The zero-order valence-corrected chi connectivity index (χ0v) is 14.6. The molecule has 1 atom stereocenters. The third-order valence-electron chi connectivity index (χ3n) is 4.99. The number of rotatable bonds is 4. The molecule has 7 nitrogen and oxygen atoms in total. The molecule has 26 heavy (non-hydrogen) atoms. The van der Waals surface area contributed by atoms with Gasteiger partial charge < -0.3 is 15.2 Å². The molecule has 0 amide bonds. The highest BCUT2D eigenvalue weighted by atomic mass is 16.3. The Kier molecular flexibility index (Phi) is 4.40. The molecule has 7 heteroatoms. The van der Waals surface area contributed by atoms with Crippen LogP contribution in [0.4, 0.5) is 0 Å². The number of aliphatic hydroxyl groups excluding tert-OH is 1. The topological polar surface area (TPSA) is 98.2 Å². The quantitative estimate of drug-likeness (QED) is 0.664. The van der Waals surface area contributed by atoms with E-state index < -0.39 is 0 Å². The minimum Gasteiger partial charge on any atom is -0.506 e. The van der Waals surface area contributed by atoms with Crippen molar-refractivity contribution < 1.29 is 10.2 Å². The molecule has 1 aliphatic heterocycles. The largest absolute Gasteiger partial charge is 0.506 e. The Balaban J connectivity index is 1.76. The summed E-state index contributed by atoms with van der Waals surface area (Å²) in [7, 11) is 0. The van der Waals surface area contributed by atoms with Crippen LogP contribution < -0.4 is 0 Å². The van der Waals surface area contributed by atoms with Crippen molar-refractivity contribution in [2.75, 3.05) is 6.54 Å². The third kappa shape index (κ3) is 2.85. The second kappa shape index (κ2) is 6.86. The van der Waals surface area contributed by atoms with Gasteiger partial charge in [-0.05, 0) is 18.6 Å². The molecular formula is C19H21N5O2. The molecule has 0 bridgehead atoms. The maximum atomic E-state index is 10.5. The van der Waals surface area contributed by atoms with Gasteiger partial charge in [0.25, 0.3) is 0 Å². The molecule has 0 aliphatic carbocycles. The van der Waals surface area contributed by atoms with Crippen LogP contribution in [0.2, 0.25) is 0 Å². The Morgan fingerprint density at radius 3 is 2.96 bits per heavy atom. The lowest BCUT2D eigenvalue weighted by atomic mass is 9.95. The van der Waals surface area contributed by atoms with Crippen LogP contribution in [0.3, 0.4) is 0 Å². The first-order valence-electron chi connectivity index (χ1n) is 8.62. The predicted octanol–water partition coefficient (Wildman–Crippen LogP) is 1.85. The van der Waals surface area contributed by atoms with Crippen LogP contribution in [0.1, 0.15) is 39.8 Å². The van der Waals surface area contributed by atoms with E-state index in [9.17, 15) is 10.2 Å². The summed E-state index contributed by atoms with van der Waals surface area (Å²) in [5.74, 6) is 0.148. The number of nitrogens with one attached hydrogen (secondary N) is 1. The number of aromatic amines is 1. The van der Waals surface area contributed by atoms with Crippen LogP contribution in [0.15, 0.2) is 37.1 Å². The fourth-order valence-corrected chi connectivity index (χ4v) is 3.60. The summed E-state index contributed by atoms with van der Waals surface area (Å²) >= 11 is 0. The van der Waals surface area contributed by atoms with E-state index in [1.807, 2.05) is 18.3 Å². The fourth-order valence-electron chi connectivity index (χ4n) is 3.60. The summed E-state index contributed by atoms with van der Waals surface area (Å²) in [6, 6.07) is 3.90. The number of hydrogen-bond acceptors (Lipinski definition) is 6. The number of hydrogen-bond donors (Lipinski definition) is 3. The Morgan fingerprint density at radius 2 is 2.19 bits per heavy atom. The van der Waals surface area contributed by atoms with Crippen molar-refractivity contribution in [2.24, 2.45) is 0 Å². The first-order chi connectivity index (χ1) is 12.7. The van der Waals surface area contributed by atoms with Gasteiger partial charge in [0.2, 0.25) is 0 Å². The number of aryl methyl sites for hydroxylation is 1. The molecular weight excluding hydrogens is 330 g/mol. The fraction of sp³-hybridized carbons (Fsp3) is 0.316. The SMILES string of the molecule is Cc1ncc(CO)c(CN2CCc3[nH]cnc3[C@H]2c2cccnc2)c1O. The van der Waals surface area contributed by atoms with Gasteiger partial charge >= 0.3 is 0 Å². The smallest absolute Gasteiger partial charge is 0.141 e. The van der Waals surface area contributed by atoms with Crippen molar-refractivity contribution in [2.45, 2.75) is 32.5 Å². The lowest BCUT2D eigenvalue weighted by Crippen LogP contribution is -2.36. The second-order valence-corrected chi connectivity index (χ2v) is 6.53. The van der Waals surface area contributed by atoms with Crippen LogP contribution in [0.25, 0.3) is 0 Å². The molecule has 4 rings (SSSR count). The van der Waals surface area contributed by atoms with Crippen molar-refractivity contribution in [3.05, 3.63) is 70.8 Å². The number of aliphatic hydroxyl groups is 1. The van der Waals surface area contributed by atoms with Gasteiger partial charge in [0.05, 0.1) is 30.4 Å². The van der Waals surface area contributed by atoms with Crippen molar-refractivity contribution in [1.29, 1.82) is 0 Å².